The Morgan fingerprint density at radius 1 is 1.11 bits per heavy atom. The highest BCUT2D eigenvalue weighted by Crippen LogP contribution is 2.52. The smallest absolute Gasteiger partial charge is 0.0647 e. The van der Waals surface area contributed by atoms with Crippen LogP contribution < -0.4 is 0 Å². The van der Waals surface area contributed by atoms with Crippen molar-refractivity contribution >= 4 is 8.80 Å². The molecule has 0 saturated carbocycles. The summed E-state index contributed by atoms with van der Waals surface area (Å²) in [5.74, 6) is 0.611. The van der Waals surface area contributed by atoms with E-state index >= 15 is 0 Å². The van der Waals surface area contributed by atoms with Crippen LogP contribution in [0.1, 0.15) is 41.5 Å². The fourth-order valence-electron chi connectivity index (χ4n) is 3.77. The number of hydrogen-bond donors (Lipinski definition) is 0. The van der Waals surface area contributed by atoms with Gasteiger partial charge in [0.1, 0.15) is 0 Å². The maximum atomic E-state index is 2.51. The summed E-state index contributed by atoms with van der Waals surface area (Å²) >= 11 is 0. The van der Waals surface area contributed by atoms with Crippen molar-refractivity contribution in [3.63, 3.8) is 0 Å². The van der Waals surface area contributed by atoms with E-state index in [-0.39, 0.29) is 5.41 Å². The Morgan fingerprint density at radius 3 is 2.11 bits per heavy atom. The normalized spacial score (nSPS) is 31.5. The molecule has 2 aliphatic rings. The lowest BCUT2D eigenvalue weighted by Crippen LogP contribution is -2.23. The maximum absolute atomic E-state index is 2.51. The predicted molar refractivity (Wildman–Crippen MR) is 89.1 cm³/mol. The molecule has 0 nitrogen and oxygen atoms in total. The summed E-state index contributed by atoms with van der Waals surface area (Å²) in [6, 6.07) is 0. The van der Waals surface area contributed by atoms with Crippen LogP contribution in [0, 0.1) is 11.3 Å². The zero-order valence-corrected chi connectivity index (χ0v) is 15.0. The van der Waals surface area contributed by atoms with Gasteiger partial charge in [-0.3, -0.25) is 0 Å². The molecule has 2 atom stereocenters. The van der Waals surface area contributed by atoms with E-state index in [1.807, 2.05) is 0 Å². The topological polar surface area (TPSA) is 0 Å². The van der Waals surface area contributed by atoms with Crippen LogP contribution in [0.3, 0.4) is 0 Å². The molecule has 0 saturated heterocycles. The third kappa shape index (κ3) is 2.03. The van der Waals surface area contributed by atoms with Gasteiger partial charge in [0.25, 0.3) is 0 Å². The minimum atomic E-state index is -0.774. The van der Waals surface area contributed by atoms with E-state index in [1.165, 1.54) is 11.1 Å². The van der Waals surface area contributed by atoms with Gasteiger partial charge >= 0.3 is 0 Å². The van der Waals surface area contributed by atoms with Crippen molar-refractivity contribution in [2.24, 2.45) is 11.3 Å². The monoisotopic (exact) mass is 272 g/mol. The zero-order chi connectivity index (χ0) is 14.5. The van der Waals surface area contributed by atoms with Crippen molar-refractivity contribution in [3.8, 4) is 0 Å². The molecule has 2 rings (SSSR count). The van der Waals surface area contributed by atoms with Crippen molar-refractivity contribution in [2.75, 3.05) is 0 Å². The Kier molecular flexibility index (Phi) is 3.55. The fourth-order valence-corrected chi connectivity index (χ4v) is 5.54. The highest BCUT2D eigenvalue weighted by Gasteiger charge is 2.40. The second kappa shape index (κ2) is 4.62. The standard InChI is InChI=1S/C18H28Si/c1-11-9-16(19(7)8)17(14(11)4)18(6)10-12(2)13(3)15(18)5/h9-10,14,19H,1-8H3. The minimum absolute atomic E-state index is 0.161. The van der Waals surface area contributed by atoms with Gasteiger partial charge in [-0.2, -0.15) is 0 Å². The van der Waals surface area contributed by atoms with Gasteiger partial charge in [0, 0.05) is 5.41 Å². The van der Waals surface area contributed by atoms with E-state index in [4.69, 9.17) is 0 Å². The van der Waals surface area contributed by atoms with Crippen LogP contribution in [0.5, 0.6) is 0 Å². The molecule has 0 aromatic rings. The molecule has 104 valence electrons. The van der Waals surface area contributed by atoms with Gasteiger partial charge in [-0.1, -0.05) is 59.7 Å². The van der Waals surface area contributed by atoms with E-state index in [0.29, 0.717) is 5.92 Å². The molecule has 0 bridgehead atoms. The molecule has 19 heavy (non-hydrogen) atoms. The molecule has 0 N–H and O–H groups in total. The lowest BCUT2D eigenvalue weighted by Gasteiger charge is -2.33. The Balaban J connectivity index is 2.62. The minimum Gasteiger partial charge on any atom is -0.0682 e. The van der Waals surface area contributed by atoms with Gasteiger partial charge in [0.2, 0.25) is 0 Å². The summed E-state index contributed by atoms with van der Waals surface area (Å²) in [6.45, 7) is 18.9. The van der Waals surface area contributed by atoms with Crippen molar-refractivity contribution in [3.05, 3.63) is 45.2 Å². The first kappa shape index (κ1) is 14.6. The highest BCUT2D eigenvalue weighted by atomic mass is 28.3. The van der Waals surface area contributed by atoms with Gasteiger partial charge in [-0.15, -0.1) is 0 Å². The van der Waals surface area contributed by atoms with Crippen LogP contribution in [-0.2, 0) is 0 Å². The molecular formula is C18H28Si. The van der Waals surface area contributed by atoms with Crippen LogP contribution in [0.15, 0.2) is 45.2 Å². The van der Waals surface area contributed by atoms with Crippen molar-refractivity contribution in [2.45, 2.75) is 54.6 Å². The molecule has 0 aromatic heterocycles. The molecule has 0 amide bonds. The largest absolute Gasteiger partial charge is 0.0682 e. The Labute approximate surface area is 120 Å². The summed E-state index contributed by atoms with van der Waals surface area (Å²) in [7, 11) is -0.774. The van der Waals surface area contributed by atoms with Gasteiger partial charge in [0.05, 0.1) is 8.80 Å². The number of hydrogen-bond acceptors (Lipinski definition) is 0. The van der Waals surface area contributed by atoms with Crippen LogP contribution in [0.4, 0.5) is 0 Å². The molecule has 1 heteroatoms. The van der Waals surface area contributed by atoms with E-state index in [1.54, 1.807) is 21.9 Å². The van der Waals surface area contributed by atoms with Crippen LogP contribution in [0.2, 0.25) is 13.1 Å². The van der Waals surface area contributed by atoms with E-state index < -0.39 is 8.80 Å². The average molecular weight is 273 g/mol. The van der Waals surface area contributed by atoms with Crippen LogP contribution >= 0.6 is 0 Å². The lowest BCUT2D eigenvalue weighted by molar-refractivity contribution is 0.554. The second-order valence-electron chi connectivity index (χ2n) is 6.91. The van der Waals surface area contributed by atoms with E-state index in [0.717, 1.165) is 0 Å². The molecule has 0 radical (unpaired) electrons. The lowest BCUT2D eigenvalue weighted by atomic mass is 9.73. The zero-order valence-electron chi connectivity index (χ0n) is 13.8. The highest BCUT2D eigenvalue weighted by molar-refractivity contribution is 6.65. The van der Waals surface area contributed by atoms with E-state index in [9.17, 15) is 0 Å². The number of rotatable bonds is 2. The summed E-state index contributed by atoms with van der Waals surface area (Å²) in [5, 5.41) is 1.70. The molecule has 0 aliphatic heterocycles. The van der Waals surface area contributed by atoms with Gasteiger partial charge in [0.15, 0.2) is 0 Å². The average Bonchev–Trinajstić information content (AvgIpc) is 2.72. The molecule has 0 aromatic carbocycles. The first-order valence-electron chi connectivity index (χ1n) is 7.50. The first-order chi connectivity index (χ1) is 8.70. The van der Waals surface area contributed by atoms with Crippen LogP contribution in [0.25, 0.3) is 0 Å². The molecule has 0 heterocycles. The van der Waals surface area contributed by atoms with Crippen molar-refractivity contribution < 1.29 is 0 Å². The van der Waals surface area contributed by atoms with Gasteiger partial charge in [-0.25, -0.2) is 0 Å². The number of allylic oxidation sites excluding steroid dienone is 8. The molecule has 0 fully saturated rings. The van der Waals surface area contributed by atoms with Gasteiger partial charge in [-0.05, 0) is 46.1 Å². The third-order valence-corrected chi connectivity index (χ3v) is 7.15. The van der Waals surface area contributed by atoms with Crippen molar-refractivity contribution in [1.29, 1.82) is 0 Å². The van der Waals surface area contributed by atoms with Crippen LogP contribution in [-0.4, -0.2) is 8.80 Å². The summed E-state index contributed by atoms with van der Waals surface area (Å²) < 4.78 is 0. The van der Waals surface area contributed by atoms with E-state index in [2.05, 4.69) is 66.8 Å². The fraction of sp³-hybridized carbons (Fsp3) is 0.556. The molecule has 2 aliphatic carbocycles. The second-order valence-corrected chi connectivity index (χ2v) is 9.84. The Bertz CT molecular complexity index is 540. The summed E-state index contributed by atoms with van der Waals surface area (Å²) in [6.07, 6.45) is 5.00. The summed E-state index contributed by atoms with van der Waals surface area (Å²) in [5.41, 5.74) is 7.93. The predicted octanol–water partition coefficient (Wildman–Crippen LogP) is 5.21. The first-order valence-corrected chi connectivity index (χ1v) is 10.4. The molecular weight excluding hydrogens is 244 g/mol. The quantitative estimate of drug-likeness (QED) is 0.606. The van der Waals surface area contributed by atoms with Crippen molar-refractivity contribution in [1.82, 2.24) is 0 Å². The summed E-state index contributed by atoms with van der Waals surface area (Å²) in [4.78, 5) is 0. The molecule has 0 spiro atoms. The van der Waals surface area contributed by atoms with Gasteiger partial charge < -0.3 is 0 Å². The Hall–Kier alpha value is -0.823. The SMILES string of the molecule is CC1=CC(C)(C2=C([SiH](C)C)C=C(C)C2C)C(C)=C1C. The third-order valence-electron chi connectivity index (χ3n) is 5.43. The Morgan fingerprint density at radius 2 is 1.68 bits per heavy atom. The molecule has 2 unspecified atom stereocenters. The maximum Gasteiger partial charge on any atom is 0.0647 e.